The van der Waals surface area contributed by atoms with E-state index in [1.165, 1.54) is 10.6 Å². The van der Waals surface area contributed by atoms with Gasteiger partial charge in [-0.2, -0.15) is 0 Å². The van der Waals surface area contributed by atoms with Crippen LogP contribution in [0, 0.1) is 11.7 Å². The van der Waals surface area contributed by atoms with Crippen molar-refractivity contribution in [2.24, 2.45) is 5.92 Å². The van der Waals surface area contributed by atoms with Gasteiger partial charge < -0.3 is 9.84 Å². The van der Waals surface area contributed by atoms with Crippen molar-refractivity contribution in [3.8, 4) is 0 Å². The van der Waals surface area contributed by atoms with Crippen LogP contribution in [-0.2, 0) is 9.53 Å². The van der Waals surface area contributed by atoms with Crippen LogP contribution in [0.3, 0.4) is 0 Å². The standard InChI is InChI=1S/C30H33FN2O4/c1-30(2,3)37-29(36)33-18-20(22-8-5-7-11-25(22)33)16-21-17-32(15-14-26(21)34)27(28(35)19-12-13-19)23-9-4-6-10-24(23)31/h4-11,16,18-19,26-27,34H,12-15,17H2,1-3H3/b21-16+. The van der Waals surface area contributed by atoms with Gasteiger partial charge in [-0.3, -0.25) is 14.3 Å². The first-order valence-corrected chi connectivity index (χ1v) is 12.9. The summed E-state index contributed by atoms with van der Waals surface area (Å²) in [4.78, 5) is 28.2. The maximum Gasteiger partial charge on any atom is 0.419 e. The van der Waals surface area contributed by atoms with Gasteiger partial charge in [0.05, 0.1) is 17.7 Å². The number of piperidine rings is 1. The van der Waals surface area contributed by atoms with Crippen molar-refractivity contribution in [1.29, 1.82) is 0 Å². The van der Waals surface area contributed by atoms with Crippen LogP contribution in [0.15, 0.2) is 60.3 Å². The van der Waals surface area contributed by atoms with Gasteiger partial charge in [-0.25, -0.2) is 9.18 Å². The molecular formula is C30H33FN2O4. The van der Waals surface area contributed by atoms with E-state index < -0.39 is 29.7 Å². The van der Waals surface area contributed by atoms with Crippen molar-refractivity contribution in [1.82, 2.24) is 9.47 Å². The number of Topliss-reactive ketones (excluding diaryl/α,β-unsaturated/α-hetero) is 1. The van der Waals surface area contributed by atoms with E-state index in [9.17, 15) is 19.1 Å². The van der Waals surface area contributed by atoms with Crippen molar-refractivity contribution in [3.63, 3.8) is 0 Å². The zero-order valence-electron chi connectivity index (χ0n) is 21.5. The number of ether oxygens (including phenoxy) is 1. The lowest BCUT2D eigenvalue weighted by atomic mass is 9.92. The zero-order valence-corrected chi connectivity index (χ0v) is 21.5. The van der Waals surface area contributed by atoms with E-state index in [1.807, 2.05) is 56.0 Å². The Bertz CT molecular complexity index is 1370. The second-order valence-corrected chi connectivity index (χ2v) is 11.0. The van der Waals surface area contributed by atoms with Crippen LogP contribution >= 0.6 is 0 Å². The number of fused-ring (bicyclic) bond motifs is 1. The summed E-state index contributed by atoms with van der Waals surface area (Å²) in [5.41, 5.74) is 1.95. The predicted octanol–water partition coefficient (Wildman–Crippen LogP) is 5.73. The molecule has 1 saturated heterocycles. The normalized spacial score (nSPS) is 20.8. The summed E-state index contributed by atoms with van der Waals surface area (Å²) in [6, 6.07) is 13.3. The molecule has 0 amide bonds. The van der Waals surface area contributed by atoms with Crippen molar-refractivity contribution in [2.45, 2.75) is 57.8 Å². The molecule has 2 fully saturated rings. The van der Waals surface area contributed by atoms with Crippen LogP contribution in [0.2, 0.25) is 0 Å². The molecule has 194 valence electrons. The Morgan fingerprint density at radius 2 is 1.78 bits per heavy atom. The summed E-state index contributed by atoms with van der Waals surface area (Å²) in [5.74, 6) is -0.378. The minimum atomic E-state index is -0.697. The molecule has 1 aliphatic carbocycles. The molecule has 1 aromatic heterocycles. The van der Waals surface area contributed by atoms with Crippen molar-refractivity contribution < 1.29 is 23.8 Å². The highest BCUT2D eigenvalue weighted by molar-refractivity contribution is 5.96. The highest BCUT2D eigenvalue weighted by Gasteiger charge is 2.41. The van der Waals surface area contributed by atoms with Crippen molar-refractivity contribution >= 4 is 28.9 Å². The number of halogens is 1. The lowest BCUT2D eigenvalue weighted by Gasteiger charge is -2.37. The van der Waals surface area contributed by atoms with Crippen molar-refractivity contribution in [2.75, 3.05) is 13.1 Å². The molecule has 5 rings (SSSR count). The topological polar surface area (TPSA) is 71.8 Å². The summed E-state index contributed by atoms with van der Waals surface area (Å²) in [7, 11) is 0. The molecule has 0 radical (unpaired) electrons. The quantitative estimate of drug-likeness (QED) is 0.480. The fourth-order valence-corrected chi connectivity index (χ4v) is 5.06. The number of carbonyl (C=O) groups is 2. The molecule has 2 unspecified atom stereocenters. The maximum absolute atomic E-state index is 14.8. The van der Waals surface area contributed by atoms with E-state index in [0.29, 0.717) is 30.6 Å². The van der Waals surface area contributed by atoms with Gasteiger partial charge in [0.2, 0.25) is 0 Å². The second kappa shape index (κ2) is 9.88. The molecule has 1 aliphatic heterocycles. The molecule has 2 heterocycles. The lowest BCUT2D eigenvalue weighted by Crippen LogP contribution is -2.43. The number of benzene rings is 2. The summed E-state index contributed by atoms with van der Waals surface area (Å²) >= 11 is 0. The smallest absolute Gasteiger partial charge is 0.419 e. The largest absolute Gasteiger partial charge is 0.443 e. The highest BCUT2D eigenvalue weighted by atomic mass is 19.1. The molecule has 3 aromatic rings. The highest BCUT2D eigenvalue weighted by Crippen LogP contribution is 2.39. The summed E-state index contributed by atoms with van der Waals surface area (Å²) in [6.45, 7) is 6.27. The molecule has 2 atom stereocenters. The third-order valence-corrected chi connectivity index (χ3v) is 6.99. The molecule has 2 aliphatic rings. The van der Waals surface area contributed by atoms with E-state index >= 15 is 0 Å². The molecule has 6 nitrogen and oxygen atoms in total. The Balaban J connectivity index is 1.50. The molecule has 7 heteroatoms. The molecule has 0 spiro atoms. The Hall–Kier alpha value is -3.29. The number of aliphatic hydroxyl groups excluding tert-OH is 1. The van der Waals surface area contributed by atoms with Crippen LogP contribution in [0.5, 0.6) is 0 Å². The number of aromatic nitrogens is 1. The molecule has 0 bridgehead atoms. The van der Waals surface area contributed by atoms with Gasteiger partial charge >= 0.3 is 6.09 Å². The first-order valence-electron chi connectivity index (χ1n) is 12.9. The minimum absolute atomic E-state index is 0.0318. The molecule has 37 heavy (non-hydrogen) atoms. The van der Waals surface area contributed by atoms with Crippen LogP contribution in [0.25, 0.3) is 17.0 Å². The van der Waals surface area contributed by atoms with E-state index in [-0.39, 0.29) is 11.7 Å². The fourth-order valence-electron chi connectivity index (χ4n) is 5.06. The van der Waals surface area contributed by atoms with Gasteiger partial charge in [0.1, 0.15) is 11.4 Å². The van der Waals surface area contributed by atoms with Gasteiger partial charge in [0.25, 0.3) is 0 Å². The third kappa shape index (κ3) is 5.38. The van der Waals surface area contributed by atoms with Gasteiger partial charge in [0.15, 0.2) is 5.78 Å². The van der Waals surface area contributed by atoms with Crippen LogP contribution in [-0.4, -0.2) is 51.2 Å². The second-order valence-electron chi connectivity index (χ2n) is 11.0. The Morgan fingerprint density at radius 3 is 2.49 bits per heavy atom. The zero-order chi connectivity index (χ0) is 26.3. The van der Waals surface area contributed by atoms with E-state index in [0.717, 1.165) is 29.4 Å². The van der Waals surface area contributed by atoms with Crippen LogP contribution in [0.4, 0.5) is 9.18 Å². The molecule has 2 aromatic carbocycles. The maximum atomic E-state index is 14.8. The minimum Gasteiger partial charge on any atom is -0.443 e. The number of aliphatic hydroxyl groups is 1. The first-order chi connectivity index (χ1) is 17.6. The number of nitrogens with zero attached hydrogens (tertiary/aromatic N) is 2. The SMILES string of the molecule is CC(C)(C)OC(=O)n1cc(/C=C2\CN(C(C(=O)C3CC3)c3ccccc3F)CCC2O)c2ccccc21. The number of likely N-dealkylation sites (tertiary alicyclic amines) is 1. The summed E-state index contributed by atoms with van der Waals surface area (Å²) < 4.78 is 21.9. The van der Waals surface area contributed by atoms with Crippen molar-refractivity contribution in [3.05, 3.63) is 77.2 Å². The number of hydrogen-bond donors (Lipinski definition) is 1. The molecule has 1 N–H and O–H groups in total. The average Bonchev–Trinajstić information content (AvgIpc) is 3.63. The van der Waals surface area contributed by atoms with Gasteiger partial charge in [-0.05, 0) is 63.8 Å². The van der Waals surface area contributed by atoms with Gasteiger partial charge in [-0.15, -0.1) is 0 Å². The fraction of sp³-hybridized carbons (Fsp3) is 0.400. The number of ketones is 1. The number of para-hydroxylation sites is 1. The Labute approximate surface area is 216 Å². The monoisotopic (exact) mass is 504 g/mol. The average molecular weight is 505 g/mol. The predicted molar refractivity (Wildman–Crippen MR) is 141 cm³/mol. The first kappa shape index (κ1) is 25.4. The van der Waals surface area contributed by atoms with Gasteiger partial charge in [0, 0.05) is 41.7 Å². The number of carbonyl (C=O) groups excluding carboxylic acids is 2. The lowest BCUT2D eigenvalue weighted by molar-refractivity contribution is -0.126. The molecular weight excluding hydrogens is 471 g/mol. The summed E-state index contributed by atoms with van der Waals surface area (Å²) in [6.07, 6.45) is 4.55. The number of hydrogen-bond acceptors (Lipinski definition) is 5. The van der Waals surface area contributed by atoms with E-state index in [1.54, 1.807) is 24.4 Å². The van der Waals surface area contributed by atoms with Crippen LogP contribution in [0.1, 0.15) is 57.2 Å². The Kier molecular flexibility index (Phi) is 6.77. The summed E-state index contributed by atoms with van der Waals surface area (Å²) in [5, 5.41) is 11.8. The van der Waals surface area contributed by atoms with Crippen LogP contribution < -0.4 is 0 Å². The number of rotatable bonds is 5. The van der Waals surface area contributed by atoms with E-state index in [2.05, 4.69) is 0 Å². The van der Waals surface area contributed by atoms with E-state index in [4.69, 9.17) is 4.74 Å². The molecule has 1 saturated carbocycles. The Morgan fingerprint density at radius 1 is 1.08 bits per heavy atom. The van der Waals surface area contributed by atoms with Gasteiger partial charge in [-0.1, -0.05) is 36.4 Å². The third-order valence-electron chi connectivity index (χ3n) is 6.99.